The van der Waals surface area contributed by atoms with Crippen LogP contribution in [0, 0.1) is 6.92 Å². The van der Waals surface area contributed by atoms with Crippen LogP contribution in [0.2, 0.25) is 0 Å². The van der Waals surface area contributed by atoms with E-state index >= 15 is 0 Å². The molecule has 1 rings (SSSR count). The van der Waals surface area contributed by atoms with E-state index in [0.29, 0.717) is 6.42 Å². The minimum absolute atomic E-state index is 0.212. The number of aliphatic hydroxyl groups is 1. The minimum atomic E-state index is 0.212. The zero-order valence-corrected chi connectivity index (χ0v) is 9.21. The van der Waals surface area contributed by atoms with E-state index in [1.165, 1.54) is 5.56 Å². The highest BCUT2D eigenvalue weighted by Gasteiger charge is 1.93. The van der Waals surface area contributed by atoms with Gasteiger partial charge in [-0.05, 0) is 30.5 Å². The molecule has 0 radical (unpaired) electrons. The van der Waals surface area contributed by atoms with Crippen molar-refractivity contribution >= 4 is 22.0 Å². The summed E-state index contributed by atoms with van der Waals surface area (Å²) in [6.45, 7) is 2.27. The molecule has 0 spiro atoms. The summed E-state index contributed by atoms with van der Waals surface area (Å²) in [6.07, 6.45) is 4.70. The SMILES string of the molecule is Cc1ccc(C=CCCO)cc1Br. The lowest BCUT2D eigenvalue weighted by Crippen LogP contribution is -1.79. The first-order valence-corrected chi connectivity index (χ1v) is 5.07. The van der Waals surface area contributed by atoms with Gasteiger partial charge in [0.2, 0.25) is 0 Å². The van der Waals surface area contributed by atoms with Crippen LogP contribution in [0.15, 0.2) is 28.7 Å². The van der Waals surface area contributed by atoms with Gasteiger partial charge >= 0.3 is 0 Å². The van der Waals surface area contributed by atoms with Gasteiger partial charge in [-0.1, -0.05) is 40.2 Å². The normalized spacial score (nSPS) is 11.0. The lowest BCUT2D eigenvalue weighted by Gasteiger charge is -1.98. The molecule has 0 amide bonds. The molecule has 1 N–H and O–H groups in total. The lowest BCUT2D eigenvalue weighted by atomic mass is 10.1. The number of hydrogen-bond donors (Lipinski definition) is 1. The van der Waals surface area contributed by atoms with Gasteiger partial charge in [0.1, 0.15) is 0 Å². The maximum Gasteiger partial charge on any atom is 0.0465 e. The van der Waals surface area contributed by atoms with Gasteiger partial charge in [-0.25, -0.2) is 0 Å². The third-order valence-corrected chi connectivity index (χ3v) is 2.66. The zero-order chi connectivity index (χ0) is 9.68. The van der Waals surface area contributed by atoms with Crippen LogP contribution in [0.5, 0.6) is 0 Å². The number of aryl methyl sites for hydroxylation is 1. The van der Waals surface area contributed by atoms with E-state index < -0.39 is 0 Å². The standard InChI is InChI=1S/C11H13BrO/c1-9-5-6-10(8-11(9)12)4-2-3-7-13/h2,4-6,8,13H,3,7H2,1H3. The Morgan fingerprint density at radius 2 is 2.23 bits per heavy atom. The molecule has 70 valence electrons. The average Bonchev–Trinajstić information content (AvgIpc) is 2.12. The van der Waals surface area contributed by atoms with Gasteiger partial charge in [-0.2, -0.15) is 0 Å². The number of aliphatic hydroxyl groups excluding tert-OH is 1. The Labute approximate surface area is 87.2 Å². The fourth-order valence-electron chi connectivity index (χ4n) is 1.01. The smallest absolute Gasteiger partial charge is 0.0465 e. The molecule has 1 aromatic rings. The Bertz CT molecular complexity index is 305. The summed E-state index contributed by atoms with van der Waals surface area (Å²) < 4.78 is 1.12. The predicted molar refractivity (Wildman–Crippen MR) is 59.6 cm³/mol. The summed E-state index contributed by atoms with van der Waals surface area (Å²) in [5.74, 6) is 0. The van der Waals surface area contributed by atoms with Crippen molar-refractivity contribution in [1.29, 1.82) is 0 Å². The van der Waals surface area contributed by atoms with Crippen molar-refractivity contribution in [3.05, 3.63) is 39.9 Å². The maximum absolute atomic E-state index is 8.58. The summed E-state index contributed by atoms with van der Waals surface area (Å²) in [5, 5.41) is 8.58. The van der Waals surface area contributed by atoms with E-state index in [1.54, 1.807) is 0 Å². The highest BCUT2D eigenvalue weighted by molar-refractivity contribution is 9.10. The highest BCUT2D eigenvalue weighted by Crippen LogP contribution is 2.18. The van der Waals surface area contributed by atoms with Crippen molar-refractivity contribution in [3.8, 4) is 0 Å². The monoisotopic (exact) mass is 240 g/mol. The Balaban J connectivity index is 2.73. The minimum Gasteiger partial charge on any atom is -0.396 e. The van der Waals surface area contributed by atoms with Gasteiger partial charge in [0, 0.05) is 11.1 Å². The van der Waals surface area contributed by atoms with Gasteiger partial charge in [-0.3, -0.25) is 0 Å². The molecule has 1 nitrogen and oxygen atoms in total. The van der Waals surface area contributed by atoms with Crippen LogP contribution >= 0.6 is 15.9 Å². The van der Waals surface area contributed by atoms with Crippen molar-refractivity contribution in [2.75, 3.05) is 6.61 Å². The molecular weight excluding hydrogens is 228 g/mol. The van der Waals surface area contributed by atoms with Crippen LogP contribution in [-0.2, 0) is 0 Å². The van der Waals surface area contributed by atoms with E-state index in [0.717, 1.165) is 10.0 Å². The number of halogens is 1. The van der Waals surface area contributed by atoms with Crippen LogP contribution in [0.25, 0.3) is 6.08 Å². The molecule has 0 aromatic heterocycles. The van der Waals surface area contributed by atoms with Gasteiger partial charge in [-0.15, -0.1) is 0 Å². The van der Waals surface area contributed by atoms with Gasteiger partial charge < -0.3 is 5.11 Å². The van der Waals surface area contributed by atoms with E-state index in [-0.39, 0.29) is 6.61 Å². The van der Waals surface area contributed by atoms with Crippen LogP contribution in [0.4, 0.5) is 0 Å². The van der Waals surface area contributed by atoms with E-state index in [1.807, 2.05) is 12.2 Å². The molecule has 0 saturated carbocycles. The average molecular weight is 241 g/mol. The van der Waals surface area contributed by atoms with Crippen LogP contribution in [0.1, 0.15) is 17.5 Å². The Hall–Kier alpha value is -0.600. The highest BCUT2D eigenvalue weighted by atomic mass is 79.9. The van der Waals surface area contributed by atoms with Crippen LogP contribution in [-0.4, -0.2) is 11.7 Å². The second-order valence-electron chi connectivity index (χ2n) is 2.92. The molecule has 0 heterocycles. The predicted octanol–water partition coefficient (Wildman–Crippen LogP) is 3.15. The van der Waals surface area contributed by atoms with Crippen molar-refractivity contribution in [3.63, 3.8) is 0 Å². The van der Waals surface area contributed by atoms with Gasteiger partial charge in [0.15, 0.2) is 0 Å². The van der Waals surface area contributed by atoms with E-state index in [2.05, 4.69) is 41.1 Å². The van der Waals surface area contributed by atoms with Crippen LogP contribution < -0.4 is 0 Å². The zero-order valence-electron chi connectivity index (χ0n) is 7.63. The molecule has 0 aliphatic rings. The van der Waals surface area contributed by atoms with E-state index in [9.17, 15) is 0 Å². The molecule has 0 unspecified atom stereocenters. The van der Waals surface area contributed by atoms with Gasteiger partial charge in [0.25, 0.3) is 0 Å². The fourth-order valence-corrected chi connectivity index (χ4v) is 1.40. The number of rotatable bonds is 3. The third kappa shape index (κ3) is 3.33. The Morgan fingerprint density at radius 3 is 2.85 bits per heavy atom. The molecule has 0 aliphatic carbocycles. The summed E-state index contributed by atoms with van der Waals surface area (Å²) in [4.78, 5) is 0. The van der Waals surface area contributed by atoms with Crippen molar-refractivity contribution in [2.24, 2.45) is 0 Å². The second-order valence-corrected chi connectivity index (χ2v) is 3.78. The fraction of sp³-hybridized carbons (Fsp3) is 0.273. The molecule has 0 saturated heterocycles. The van der Waals surface area contributed by atoms with Crippen molar-refractivity contribution in [2.45, 2.75) is 13.3 Å². The molecule has 0 atom stereocenters. The summed E-state index contributed by atoms with van der Waals surface area (Å²) in [5.41, 5.74) is 2.39. The number of hydrogen-bond acceptors (Lipinski definition) is 1. The molecule has 0 aliphatic heterocycles. The molecule has 1 aromatic carbocycles. The third-order valence-electron chi connectivity index (χ3n) is 1.80. The van der Waals surface area contributed by atoms with Crippen molar-refractivity contribution < 1.29 is 5.11 Å². The number of benzene rings is 1. The van der Waals surface area contributed by atoms with Gasteiger partial charge in [0.05, 0.1) is 0 Å². The summed E-state index contributed by atoms with van der Waals surface area (Å²) in [6, 6.07) is 6.21. The second kappa shape index (κ2) is 5.20. The Kier molecular flexibility index (Phi) is 4.19. The molecule has 0 fully saturated rings. The van der Waals surface area contributed by atoms with Crippen molar-refractivity contribution in [1.82, 2.24) is 0 Å². The molecule has 2 heteroatoms. The quantitative estimate of drug-likeness (QED) is 0.861. The summed E-state index contributed by atoms with van der Waals surface area (Å²) >= 11 is 3.47. The maximum atomic E-state index is 8.58. The van der Waals surface area contributed by atoms with E-state index in [4.69, 9.17) is 5.11 Å². The largest absolute Gasteiger partial charge is 0.396 e. The molecule has 13 heavy (non-hydrogen) atoms. The first-order chi connectivity index (χ1) is 6.24. The molecule has 0 bridgehead atoms. The summed E-state index contributed by atoms with van der Waals surface area (Å²) in [7, 11) is 0. The topological polar surface area (TPSA) is 20.2 Å². The first-order valence-electron chi connectivity index (χ1n) is 4.27. The van der Waals surface area contributed by atoms with Crippen LogP contribution in [0.3, 0.4) is 0 Å². The Morgan fingerprint density at radius 1 is 1.46 bits per heavy atom. The lowest BCUT2D eigenvalue weighted by molar-refractivity contribution is 0.303. The molecular formula is C11H13BrO. The first kappa shape index (κ1) is 10.5.